The predicted molar refractivity (Wildman–Crippen MR) is 85.0 cm³/mol. The zero-order chi connectivity index (χ0) is 13.4. The molecule has 0 amide bonds. The van der Waals surface area contributed by atoms with Crippen LogP contribution in [0, 0.1) is 11.8 Å². The molecule has 0 atom stereocenters. The van der Waals surface area contributed by atoms with Crippen molar-refractivity contribution in [1.29, 1.82) is 0 Å². The van der Waals surface area contributed by atoms with E-state index in [1.807, 2.05) is 12.1 Å². The van der Waals surface area contributed by atoms with Crippen molar-refractivity contribution in [1.82, 2.24) is 0 Å². The minimum absolute atomic E-state index is 0.407. The average molecular weight is 295 g/mol. The van der Waals surface area contributed by atoms with Gasteiger partial charge in [0.1, 0.15) is 4.99 Å². The van der Waals surface area contributed by atoms with Gasteiger partial charge in [-0.15, -0.1) is 0 Å². The minimum atomic E-state index is 0.407. The molecular weight excluding hydrogens is 276 g/mol. The lowest BCUT2D eigenvalue weighted by Gasteiger charge is -2.26. The Bertz CT molecular complexity index is 481. The minimum Gasteiger partial charge on any atom is -0.389 e. The third-order valence-corrected chi connectivity index (χ3v) is 4.46. The number of nitrogens with zero attached hydrogens (tertiary/aromatic N) is 1. The highest BCUT2D eigenvalue weighted by Gasteiger charge is 2.30. The van der Waals surface area contributed by atoms with Gasteiger partial charge in [-0.2, -0.15) is 0 Å². The quantitative estimate of drug-likeness (QED) is 0.813. The fourth-order valence-corrected chi connectivity index (χ4v) is 2.84. The molecule has 0 spiro atoms. The average Bonchev–Trinajstić information content (AvgIpc) is 3.23. The van der Waals surface area contributed by atoms with E-state index in [-0.39, 0.29) is 0 Å². The van der Waals surface area contributed by atoms with Crippen molar-refractivity contribution in [3.05, 3.63) is 28.8 Å². The zero-order valence-corrected chi connectivity index (χ0v) is 12.5. The summed E-state index contributed by atoms with van der Waals surface area (Å²) in [5, 5.41) is 0.770. The van der Waals surface area contributed by atoms with Gasteiger partial charge in [-0.05, 0) is 55.7 Å². The first-order chi connectivity index (χ1) is 9.13. The highest BCUT2D eigenvalue weighted by atomic mass is 35.5. The van der Waals surface area contributed by atoms with Crippen molar-refractivity contribution >= 4 is 34.5 Å². The maximum atomic E-state index is 6.42. The van der Waals surface area contributed by atoms with Gasteiger partial charge < -0.3 is 10.6 Å². The summed E-state index contributed by atoms with van der Waals surface area (Å²) in [5.41, 5.74) is 7.64. The van der Waals surface area contributed by atoms with E-state index in [0.717, 1.165) is 41.2 Å². The SMILES string of the molecule is NC(=S)c1ccc(N(CC2CC2)CC2CC2)c(Cl)c1. The molecule has 2 N–H and O–H groups in total. The molecule has 2 saturated carbocycles. The van der Waals surface area contributed by atoms with Crippen molar-refractivity contribution in [3.63, 3.8) is 0 Å². The van der Waals surface area contributed by atoms with Crippen molar-refractivity contribution in [2.45, 2.75) is 25.7 Å². The number of thiocarbonyl (C=S) groups is 1. The Morgan fingerprint density at radius 1 is 1.21 bits per heavy atom. The second kappa shape index (κ2) is 5.29. The molecule has 2 aliphatic rings. The molecule has 0 aromatic heterocycles. The lowest BCUT2D eigenvalue weighted by atomic mass is 10.1. The van der Waals surface area contributed by atoms with Gasteiger partial charge in [-0.25, -0.2) is 0 Å². The molecule has 1 aromatic carbocycles. The molecule has 19 heavy (non-hydrogen) atoms. The standard InChI is InChI=1S/C15H19ClN2S/c16-13-7-12(15(17)19)5-6-14(13)18(8-10-1-2-10)9-11-3-4-11/h5-7,10-11H,1-4,8-9H2,(H2,17,19). The number of anilines is 1. The summed E-state index contributed by atoms with van der Waals surface area (Å²) in [4.78, 5) is 2.87. The van der Waals surface area contributed by atoms with E-state index in [1.54, 1.807) is 0 Å². The van der Waals surface area contributed by atoms with E-state index in [9.17, 15) is 0 Å². The molecule has 0 bridgehead atoms. The summed E-state index contributed by atoms with van der Waals surface area (Å²) >= 11 is 11.4. The van der Waals surface area contributed by atoms with E-state index in [2.05, 4.69) is 11.0 Å². The van der Waals surface area contributed by atoms with Crippen LogP contribution in [-0.4, -0.2) is 18.1 Å². The van der Waals surface area contributed by atoms with Crippen LogP contribution in [0.5, 0.6) is 0 Å². The number of halogens is 1. The van der Waals surface area contributed by atoms with E-state index in [1.165, 1.54) is 25.7 Å². The van der Waals surface area contributed by atoms with Crippen molar-refractivity contribution in [2.24, 2.45) is 17.6 Å². The Labute approximate surface area is 124 Å². The van der Waals surface area contributed by atoms with Gasteiger partial charge in [-0.3, -0.25) is 0 Å². The van der Waals surface area contributed by atoms with Crippen LogP contribution in [0.1, 0.15) is 31.2 Å². The van der Waals surface area contributed by atoms with Crippen LogP contribution in [0.25, 0.3) is 0 Å². The molecule has 0 radical (unpaired) electrons. The lowest BCUT2D eigenvalue weighted by molar-refractivity contribution is 0.679. The summed E-state index contributed by atoms with van der Waals surface area (Å²) in [6, 6.07) is 5.95. The Hall–Kier alpha value is -0.800. The van der Waals surface area contributed by atoms with Crippen molar-refractivity contribution < 1.29 is 0 Å². The number of benzene rings is 1. The normalized spacial score (nSPS) is 18.4. The van der Waals surface area contributed by atoms with Crippen LogP contribution >= 0.6 is 23.8 Å². The highest BCUT2D eigenvalue weighted by molar-refractivity contribution is 7.80. The maximum absolute atomic E-state index is 6.42. The molecule has 0 heterocycles. The Kier molecular flexibility index (Phi) is 3.68. The van der Waals surface area contributed by atoms with Crippen LogP contribution in [0.3, 0.4) is 0 Å². The summed E-state index contributed by atoms with van der Waals surface area (Å²) in [6.45, 7) is 2.28. The Morgan fingerprint density at radius 2 is 1.79 bits per heavy atom. The monoisotopic (exact) mass is 294 g/mol. The van der Waals surface area contributed by atoms with E-state index in [4.69, 9.17) is 29.6 Å². The second-order valence-electron chi connectivity index (χ2n) is 5.82. The zero-order valence-electron chi connectivity index (χ0n) is 10.9. The molecule has 2 nitrogen and oxygen atoms in total. The van der Waals surface area contributed by atoms with Crippen LogP contribution < -0.4 is 10.6 Å². The first-order valence-corrected chi connectivity index (χ1v) is 7.76. The van der Waals surface area contributed by atoms with Gasteiger partial charge in [0.05, 0.1) is 10.7 Å². The molecule has 0 unspecified atom stereocenters. The van der Waals surface area contributed by atoms with E-state index in [0.29, 0.717) is 4.99 Å². The predicted octanol–water partition coefficient (Wildman–Crippen LogP) is 3.60. The third-order valence-electron chi connectivity index (χ3n) is 3.92. The van der Waals surface area contributed by atoms with E-state index < -0.39 is 0 Å². The summed E-state index contributed by atoms with van der Waals surface area (Å²) in [7, 11) is 0. The third kappa shape index (κ3) is 3.40. The number of nitrogens with two attached hydrogens (primary N) is 1. The molecule has 0 aliphatic heterocycles. The second-order valence-corrected chi connectivity index (χ2v) is 6.67. The summed E-state index contributed by atoms with van der Waals surface area (Å²) in [6.07, 6.45) is 5.46. The van der Waals surface area contributed by atoms with E-state index >= 15 is 0 Å². The number of hydrogen-bond donors (Lipinski definition) is 1. The van der Waals surface area contributed by atoms with Gasteiger partial charge >= 0.3 is 0 Å². The van der Waals surface area contributed by atoms with Crippen LogP contribution in [0.15, 0.2) is 18.2 Å². The van der Waals surface area contributed by atoms with Crippen molar-refractivity contribution in [3.8, 4) is 0 Å². The Morgan fingerprint density at radius 3 is 2.21 bits per heavy atom. The maximum Gasteiger partial charge on any atom is 0.104 e. The molecule has 3 rings (SSSR count). The lowest BCUT2D eigenvalue weighted by Crippen LogP contribution is -2.28. The summed E-state index contributed by atoms with van der Waals surface area (Å²) < 4.78 is 0. The van der Waals surface area contributed by atoms with Crippen LogP contribution in [0.4, 0.5) is 5.69 Å². The molecule has 1 aromatic rings. The van der Waals surface area contributed by atoms with Gasteiger partial charge in [0, 0.05) is 18.7 Å². The van der Waals surface area contributed by atoms with Crippen molar-refractivity contribution in [2.75, 3.05) is 18.0 Å². The molecule has 102 valence electrons. The van der Waals surface area contributed by atoms with Gasteiger partial charge in [0.25, 0.3) is 0 Å². The fraction of sp³-hybridized carbons (Fsp3) is 0.533. The van der Waals surface area contributed by atoms with Gasteiger partial charge in [-0.1, -0.05) is 23.8 Å². The van der Waals surface area contributed by atoms with Gasteiger partial charge in [0.15, 0.2) is 0 Å². The molecule has 0 saturated heterocycles. The summed E-state index contributed by atoms with van der Waals surface area (Å²) in [5.74, 6) is 1.73. The first kappa shape index (κ1) is 13.2. The smallest absolute Gasteiger partial charge is 0.104 e. The van der Waals surface area contributed by atoms with Crippen LogP contribution in [-0.2, 0) is 0 Å². The van der Waals surface area contributed by atoms with Gasteiger partial charge in [0.2, 0.25) is 0 Å². The molecule has 2 fully saturated rings. The van der Waals surface area contributed by atoms with Crippen LogP contribution in [0.2, 0.25) is 5.02 Å². The topological polar surface area (TPSA) is 29.3 Å². The molecule has 4 heteroatoms. The first-order valence-electron chi connectivity index (χ1n) is 6.98. The fourth-order valence-electron chi connectivity index (χ4n) is 2.41. The molecule has 2 aliphatic carbocycles. The highest BCUT2D eigenvalue weighted by Crippen LogP contribution is 2.37. The number of hydrogen-bond acceptors (Lipinski definition) is 2. The Balaban J connectivity index is 1.80. The number of rotatable bonds is 6. The molecular formula is C15H19ClN2S. The largest absolute Gasteiger partial charge is 0.389 e.